The third kappa shape index (κ3) is 3.48. The molecule has 4 rings (SSSR count). The molecule has 2 aromatic carbocycles. The number of hydrogen-bond donors (Lipinski definition) is 1. The molecule has 1 amide bonds. The topological polar surface area (TPSA) is 58.1 Å². The number of carbonyl (C=O) groups excluding carboxylic acids is 1. The van der Waals surface area contributed by atoms with Crippen LogP contribution in [0, 0.1) is 0 Å². The molecule has 1 aliphatic heterocycles. The molecule has 1 aromatic heterocycles. The molecule has 0 aliphatic carbocycles. The van der Waals surface area contributed by atoms with Crippen molar-refractivity contribution in [2.45, 2.75) is 19.4 Å². The average Bonchev–Trinajstić information content (AvgIpc) is 3.00. The summed E-state index contributed by atoms with van der Waals surface area (Å²) >= 11 is 11.9. The van der Waals surface area contributed by atoms with Crippen molar-refractivity contribution >= 4 is 46.4 Å². The summed E-state index contributed by atoms with van der Waals surface area (Å²) < 4.78 is 0. The monoisotopic (exact) mass is 398 g/mol. The van der Waals surface area contributed by atoms with Gasteiger partial charge in [0.2, 0.25) is 5.95 Å². The molecule has 0 bridgehead atoms. The van der Waals surface area contributed by atoms with E-state index in [4.69, 9.17) is 23.2 Å². The Bertz CT molecular complexity index is 1010. The number of anilines is 3. The number of para-hydroxylation sites is 1. The number of nitrogens with zero attached hydrogens (tertiary/aromatic N) is 3. The zero-order chi connectivity index (χ0) is 19.0. The lowest BCUT2D eigenvalue weighted by atomic mass is 10.1. The van der Waals surface area contributed by atoms with Crippen molar-refractivity contribution in [3.8, 4) is 0 Å². The molecular formula is C20H16Cl2N4O. The van der Waals surface area contributed by atoms with Crippen molar-refractivity contribution in [1.82, 2.24) is 9.97 Å². The highest BCUT2D eigenvalue weighted by molar-refractivity contribution is 6.42. The van der Waals surface area contributed by atoms with E-state index in [1.807, 2.05) is 25.1 Å². The summed E-state index contributed by atoms with van der Waals surface area (Å²) in [6.07, 6.45) is 3.91. The molecule has 27 heavy (non-hydrogen) atoms. The molecule has 1 N–H and O–H groups in total. The molecule has 0 saturated carbocycles. The molecule has 0 saturated heterocycles. The van der Waals surface area contributed by atoms with Crippen molar-refractivity contribution in [2.24, 2.45) is 0 Å². The van der Waals surface area contributed by atoms with Crippen LogP contribution >= 0.6 is 23.2 Å². The first-order valence-corrected chi connectivity index (χ1v) is 9.24. The van der Waals surface area contributed by atoms with Crippen LogP contribution in [0.1, 0.15) is 22.8 Å². The molecule has 0 spiro atoms. The second kappa shape index (κ2) is 7.18. The van der Waals surface area contributed by atoms with Crippen molar-refractivity contribution in [3.05, 3.63) is 76.0 Å². The van der Waals surface area contributed by atoms with E-state index in [-0.39, 0.29) is 11.9 Å². The lowest BCUT2D eigenvalue weighted by molar-refractivity contribution is 0.0981. The summed E-state index contributed by atoms with van der Waals surface area (Å²) in [7, 11) is 0. The molecule has 5 nitrogen and oxygen atoms in total. The van der Waals surface area contributed by atoms with Crippen LogP contribution in [-0.4, -0.2) is 21.9 Å². The molecule has 0 radical (unpaired) electrons. The largest absolute Gasteiger partial charge is 0.324 e. The summed E-state index contributed by atoms with van der Waals surface area (Å²) in [4.78, 5) is 23.3. The van der Waals surface area contributed by atoms with Crippen LogP contribution in [0.2, 0.25) is 10.0 Å². The number of hydrogen-bond acceptors (Lipinski definition) is 4. The third-order valence-electron chi connectivity index (χ3n) is 4.50. The van der Waals surface area contributed by atoms with Gasteiger partial charge >= 0.3 is 0 Å². The van der Waals surface area contributed by atoms with E-state index in [0.717, 1.165) is 12.1 Å². The van der Waals surface area contributed by atoms with Gasteiger partial charge in [-0.3, -0.25) is 4.79 Å². The van der Waals surface area contributed by atoms with Gasteiger partial charge in [0.25, 0.3) is 5.91 Å². The number of nitrogens with one attached hydrogen (secondary N) is 1. The van der Waals surface area contributed by atoms with Crippen molar-refractivity contribution in [2.75, 3.05) is 10.2 Å². The van der Waals surface area contributed by atoms with Gasteiger partial charge in [-0.05, 0) is 43.2 Å². The van der Waals surface area contributed by atoms with Crippen LogP contribution in [0.15, 0.2) is 54.9 Å². The molecule has 0 fully saturated rings. The maximum absolute atomic E-state index is 13.0. The normalized spacial score (nSPS) is 15.5. The van der Waals surface area contributed by atoms with Gasteiger partial charge in [0, 0.05) is 29.8 Å². The summed E-state index contributed by atoms with van der Waals surface area (Å²) in [5.41, 5.74) is 3.29. The first kappa shape index (κ1) is 17.8. The summed E-state index contributed by atoms with van der Waals surface area (Å²) in [5, 5.41) is 3.96. The number of amides is 1. The van der Waals surface area contributed by atoms with Crippen LogP contribution in [-0.2, 0) is 6.42 Å². The predicted octanol–water partition coefficient (Wildman–Crippen LogP) is 5.12. The number of carbonyl (C=O) groups is 1. The van der Waals surface area contributed by atoms with Gasteiger partial charge in [0.1, 0.15) is 0 Å². The van der Waals surface area contributed by atoms with E-state index in [0.29, 0.717) is 27.2 Å². The lowest BCUT2D eigenvalue weighted by Crippen LogP contribution is -2.35. The Morgan fingerprint density at radius 2 is 1.85 bits per heavy atom. The Hall–Kier alpha value is -2.63. The number of rotatable bonds is 3. The Morgan fingerprint density at radius 3 is 2.59 bits per heavy atom. The summed E-state index contributed by atoms with van der Waals surface area (Å²) in [6, 6.07) is 13.2. The second-order valence-electron chi connectivity index (χ2n) is 6.41. The first-order chi connectivity index (χ1) is 13.0. The Morgan fingerprint density at radius 1 is 1.11 bits per heavy atom. The molecule has 7 heteroatoms. The molecular weight excluding hydrogens is 383 g/mol. The van der Waals surface area contributed by atoms with E-state index in [1.165, 1.54) is 18.0 Å². The molecule has 2 heterocycles. The maximum Gasteiger partial charge on any atom is 0.261 e. The first-order valence-electron chi connectivity index (χ1n) is 8.48. The molecule has 1 aliphatic rings. The Balaban J connectivity index is 1.54. The molecule has 136 valence electrons. The van der Waals surface area contributed by atoms with Crippen molar-refractivity contribution in [3.63, 3.8) is 0 Å². The average molecular weight is 399 g/mol. The third-order valence-corrected chi connectivity index (χ3v) is 5.24. The Labute approximate surface area is 167 Å². The van der Waals surface area contributed by atoms with Gasteiger partial charge in [-0.1, -0.05) is 41.4 Å². The number of halogens is 2. The highest BCUT2D eigenvalue weighted by Gasteiger charge is 2.31. The fourth-order valence-corrected chi connectivity index (χ4v) is 3.52. The van der Waals surface area contributed by atoms with Crippen LogP contribution in [0.4, 0.5) is 17.3 Å². The van der Waals surface area contributed by atoms with Crippen LogP contribution in [0.5, 0.6) is 0 Å². The fourth-order valence-electron chi connectivity index (χ4n) is 3.22. The summed E-state index contributed by atoms with van der Waals surface area (Å²) in [6.45, 7) is 2.04. The Kier molecular flexibility index (Phi) is 4.72. The zero-order valence-electron chi connectivity index (χ0n) is 14.5. The minimum atomic E-state index is -0.103. The quantitative estimate of drug-likeness (QED) is 0.664. The molecule has 1 unspecified atom stereocenters. The fraction of sp³-hybridized carbons (Fsp3) is 0.150. The van der Waals surface area contributed by atoms with E-state index in [1.54, 1.807) is 23.1 Å². The van der Waals surface area contributed by atoms with Crippen LogP contribution < -0.4 is 10.2 Å². The molecule has 3 aromatic rings. The van der Waals surface area contributed by atoms with Crippen molar-refractivity contribution < 1.29 is 4.79 Å². The lowest BCUT2D eigenvalue weighted by Gasteiger charge is -2.22. The van der Waals surface area contributed by atoms with E-state index >= 15 is 0 Å². The maximum atomic E-state index is 13.0. The molecule has 1 atom stereocenters. The standard InChI is InChI=1S/C20H16Cl2N4O/c1-12-8-13-4-2-3-5-18(13)26(12)19(27)14-10-23-20(24-11-14)25-15-6-7-16(21)17(22)9-15/h2-7,9-12H,8H2,1H3,(H,23,24,25). The SMILES string of the molecule is CC1Cc2ccccc2N1C(=O)c1cnc(Nc2ccc(Cl)c(Cl)c2)nc1. The number of aromatic nitrogens is 2. The highest BCUT2D eigenvalue weighted by atomic mass is 35.5. The van der Waals surface area contributed by atoms with E-state index < -0.39 is 0 Å². The van der Waals surface area contributed by atoms with E-state index in [2.05, 4.69) is 21.4 Å². The number of fused-ring (bicyclic) bond motifs is 1. The number of benzene rings is 2. The predicted molar refractivity (Wildman–Crippen MR) is 108 cm³/mol. The zero-order valence-corrected chi connectivity index (χ0v) is 16.0. The van der Waals surface area contributed by atoms with E-state index in [9.17, 15) is 4.79 Å². The van der Waals surface area contributed by atoms with Gasteiger partial charge in [-0.2, -0.15) is 0 Å². The second-order valence-corrected chi connectivity index (χ2v) is 7.22. The van der Waals surface area contributed by atoms with Gasteiger partial charge in [0.15, 0.2) is 0 Å². The summed E-state index contributed by atoms with van der Waals surface area (Å²) in [5.74, 6) is 0.272. The minimum Gasteiger partial charge on any atom is -0.324 e. The van der Waals surface area contributed by atoms with Gasteiger partial charge < -0.3 is 10.2 Å². The van der Waals surface area contributed by atoms with Crippen LogP contribution in [0.25, 0.3) is 0 Å². The highest BCUT2D eigenvalue weighted by Crippen LogP contribution is 2.33. The van der Waals surface area contributed by atoms with Gasteiger partial charge in [0.05, 0.1) is 15.6 Å². The van der Waals surface area contributed by atoms with Crippen molar-refractivity contribution in [1.29, 1.82) is 0 Å². The smallest absolute Gasteiger partial charge is 0.261 e. The van der Waals surface area contributed by atoms with Gasteiger partial charge in [-0.15, -0.1) is 0 Å². The van der Waals surface area contributed by atoms with Crippen LogP contribution in [0.3, 0.4) is 0 Å². The van der Waals surface area contributed by atoms with Gasteiger partial charge in [-0.25, -0.2) is 9.97 Å². The minimum absolute atomic E-state index is 0.101.